The van der Waals surface area contributed by atoms with Crippen LogP contribution in [0.1, 0.15) is 21.5 Å². The number of carbonyl (C=O) groups excluding carboxylic acids is 2. The van der Waals surface area contributed by atoms with Crippen LogP contribution in [0, 0.1) is 4.91 Å². The zero-order valence-electron chi connectivity index (χ0n) is 11.7. The molecule has 0 unspecified atom stereocenters. The average Bonchev–Trinajstić information content (AvgIpc) is 2.46. The number of nitroso groups, excluding NO2 is 1. The van der Waals surface area contributed by atoms with Gasteiger partial charge in [0, 0.05) is 22.4 Å². The van der Waals surface area contributed by atoms with Crippen molar-refractivity contribution in [3.63, 3.8) is 0 Å². The van der Waals surface area contributed by atoms with Gasteiger partial charge in [-0.15, -0.1) is 4.91 Å². The van der Waals surface area contributed by atoms with Gasteiger partial charge in [0.15, 0.2) is 5.78 Å². The molecule has 0 amide bonds. The number of carboxylic acids is 1. The molecular weight excluding hydrogens is 361 g/mol. The molecule has 0 atom stereocenters. The van der Waals surface area contributed by atoms with E-state index in [2.05, 4.69) is 21.1 Å². The third-order valence-electron chi connectivity index (χ3n) is 2.90. The van der Waals surface area contributed by atoms with Crippen molar-refractivity contribution in [3.05, 3.63) is 68.5 Å². The maximum atomic E-state index is 12.4. The van der Waals surface area contributed by atoms with E-state index in [1.54, 1.807) is 24.3 Å². The predicted octanol–water partition coefficient (Wildman–Crippen LogP) is -0.626. The smallest absolute Gasteiger partial charge is 0.550 e. The summed E-state index contributed by atoms with van der Waals surface area (Å²) in [7, 11) is 0. The monoisotopic (exact) mass is 369 g/mol. The van der Waals surface area contributed by atoms with Crippen LogP contribution < -0.4 is 34.7 Å². The standard InChI is InChI=1S/C15H10BrNO4.Na/c16-11-6-4-9(5-7-11)15(20)12-3-1-2-10(8-13(18)19)14(12)17-21;/h1-7H,8H2,(H,18,19);/q;+1/p-1. The molecular formula is C15H9BrNNaO4. The van der Waals surface area contributed by atoms with Crippen molar-refractivity contribution in [2.24, 2.45) is 5.18 Å². The van der Waals surface area contributed by atoms with Crippen LogP contribution in [0.15, 0.2) is 52.1 Å². The fraction of sp³-hybridized carbons (Fsp3) is 0.0667. The van der Waals surface area contributed by atoms with Crippen LogP contribution in [0.5, 0.6) is 0 Å². The van der Waals surface area contributed by atoms with Crippen LogP contribution in [-0.4, -0.2) is 11.8 Å². The number of halogens is 1. The zero-order chi connectivity index (χ0) is 15.4. The van der Waals surface area contributed by atoms with E-state index < -0.39 is 18.2 Å². The van der Waals surface area contributed by atoms with Gasteiger partial charge >= 0.3 is 29.6 Å². The Labute approximate surface area is 157 Å². The van der Waals surface area contributed by atoms with E-state index >= 15 is 0 Å². The molecule has 0 heterocycles. The largest absolute Gasteiger partial charge is 1.00 e. The van der Waals surface area contributed by atoms with Gasteiger partial charge in [0.2, 0.25) is 0 Å². The van der Waals surface area contributed by atoms with Crippen LogP contribution in [0.25, 0.3) is 0 Å². The van der Waals surface area contributed by atoms with Crippen LogP contribution >= 0.6 is 15.9 Å². The Kier molecular flexibility index (Phi) is 7.09. The first-order chi connectivity index (χ1) is 10.0. The van der Waals surface area contributed by atoms with Gasteiger partial charge < -0.3 is 9.90 Å². The molecule has 0 saturated carbocycles. The Morgan fingerprint density at radius 1 is 1.09 bits per heavy atom. The summed E-state index contributed by atoms with van der Waals surface area (Å²) in [6.07, 6.45) is -0.470. The minimum absolute atomic E-state index is 0. The Balaban J connectivity index is 0.00000242. The second-order valence-electron chi connectivity index (χ2n) is 4.29. The van der Waals surface area contributed by atoms with Crippen LogP contribution in [-0.2, 0) is 11.2 Å². The number of rotatable bonds is 5. The molecule has 0 radical (unpaired) electrons. The average molecular weight is 370 g/mol. The van der Waals surface area contributed by atoms with Gasteiger partial charge in [-0.25, -0.2) is 0 Å². The summed E-state index contributed by atoms with van der Waals surface area (Å²) >= 11 is 3.27. The molecule has 0 bridgehead atoms. The van der Waals surface area contributed by atoms with Crippen LogP contribution in [0.4, 0.5) is 5.69 Å². The summed E-state index contributed by atoms with van der Waals surface area (Å²) in [5, 5.41) is 13.5. The summed E-state index contributed by atoms with van der Waals surface area (Å²) in [5.41, 5.74) is 0.461. The molecule has 2 aromatic carbocycles. The third-order valence-corrected chi connectivity index (χ3v) is 3.43. The van der Waals surface area contributed by atoms with Crippen molar-refractivity contribution in [2.45, 2.75) is 6.42 Å². The fourth-order valence-corrected chi connectivity index (χ4v) is 2.20. The Morgan fingerprint density at radius 3 is 2.27 bits per heavy atom. The van der Waals surface area contributed by atoms with Crippen LogP contribution in [0.3, 0.4) is 0 Å². The number of hydrogen-bond donors (Lipinski definition) is 0. The second-order valence-corrected chi connectivity index (χ2v) is 5.21. The summed E-state index contributed by atoms with van der Waals surface area (Å²) < 4.78 is 0.818. The molecule has 0 fully saturated rings. The van der Waals surface area contributed by atoms with Gasteiger partial charge in [-0.1, -0.05) is 28.1 Å². The van der Waals surface area contributed by atoms with Crippen molar-refractivity contribution >= 4 is 33.4 Å². The number of carbonyl (C=O) groups is 2. The minimum Gasteiger partial charge on any atom is -0.550 e. The number of aliphatic carboxylic acids is 1. The summed E-state index contributed by atoms with van der Waals surface area (Å²) in [6.45, 7) is 0. The van der Waals surface area contributed by atoms with Crippen molar-refractivity contribution in [1.29, 1.82) is 0 Å². The molecule has 22 heavy (non-hydrogen) atoms. The molecule has 5 nitrogen and oxygen atoms in total. The fourth-order valence-electron chi connectivity index (χ4n) is 1.94. The first-order valence-corrected chi connectivity index (χ1v) is 6.77. The summed E-state index contributed by atoms with van der Waals surface area (Å²) in [4.78, 5) is 34.1. The molecule has 106 valence electrons. The van der Waals surface area contributed by atoms with Gasteiger partial charge in [-0.3, -0.25) is 4.79 Å². The molecule has 0 N–H and O–H groups in total. The number of nitrogens with zero attached hydrogens (tertiary/aromatic N) is 1. The van der Waals surface area contributed by atoms with E-state index in [1.807, 2.05) is 0 Å². The van der Waals surface area contributed by atoms with Crippen LogP contribution in [0.2, 0.25) is 0 Å². The number of benzene rings is 2. The van der Waals surface area contributed by atoms with E-state index in [4.69, 9.17) is 0 Å². The van der Waals surface area contributed by atoms with Crippen molar-refractivity contribution < 1.29 is 44.3 Å². The Morgan fingerprint density at radius 2 is 1.73 bits per heavy atom. The first-order valence-electron chi connectivity index (χ1n) is 5.98. The van der Waals surface area contributed by atoms with Crippen molar-refractivity contribution in [2.75, 3.05) is 0 Å². The molecule has 0 aliphatic rings. The maximum Gasteiger partial charge on any atom is 1.00 e. The maximum absolute atomic E-state index is 12.4. The number of ketones is 1. The van der Waals surface area contributed by atoms with E-state index in [9.17, 15) is 19.6 Å². The SMILES string of the molecule is O=Nc1c(CC(=O)[O-])cccc1C(=O)c1ccc(Br)cc1.[Na+]. The number of hydrogen-bond acceptors (Lipinski definition) is 5. The van der Waals surface area contributed by atoms with Gasteiger partial charge in [-0.05, 0) is 41.1 Å². The van der Waals surface area contributed by atoms with E-state index in [1.165, 1.54) is 18.2 Å². The predicted molar refractivity (Wildman–Crippen MR) is 78.2 cm³/mol. The Bertz CT molecular complexity index is 716. The third kappa shape index (κ3) is 4.33. The normalized spacial score (nSPS) is 9.68. The van der Waals surface area contributed by atoms with Crippen molar-refractivity contribution in [1.82, 2.24) is 0 Å². The van der Waals surface area contributed by atoms with E-state index in [0.29, 0.717) is 5.56 Å². The molecule has 0 aliphatic heterocycles. The number of carboxylic acid groups (broad SMARTS) is 1. The first kappa shape index (κ1) is 18.7. The van der Waals surface area contributed by atoms with E-state index in [0.717, 1.165) is 4.47 Å². The van der Waals surface area contributed by atoms with Gasteiger partial charge in [0.1, 0.15) is 5.69 Å². The van der Waals surface area contributed by atoms with Gasteiger partial charge in [-0.2, -0.15) is 0 Å². The van der Waals surface area contributed by atoms with Gasteiger partial charge in [0.05, 0.1) is 5.56 Å². The summed E-state index contributed by atoms with van der Waals surface area (Å²) in [6, 6.07) is 11.0. The molecule has 0 aromatic heterocycles. The molecule has 7 heteroatoms. The molecule has 2 rings (SSSR count). The molecule has 0 aliphatic carbocycles. The molecule has 2 aromatic rings. The quantitative estimate of drug-likeness (QED) is 0.399. The molecule has 0 saturated heterocycles. The Hall–Kier alpha value is -1.34. The second kappa shape index (κ2) is 8.33. The minimum atomic E-state index is -1.34. The summed E-state index contributed by atoms with van der Waals surface area (Å²) in [5.74, 6) is -1.73. The van der Waals surface area contributed by atoms with Gasteiger partial charge in [0.25, 0.3) is 0 Å². The van der Waals surface area contributed by atoms with Crippen molar-refractivity contribution in [3.8, 4) is 0 Å². The topological polar surface area (TPSA) is 86.6 Å². The molecule has 0 spiro atoms. The van der Waals surface area contributed by atoms with E-state index in [-0.39, 0.29) is 46.4 Å². The zero-order valence-corrected chi connectivity index (χ0v) is 15.3.